The summed E-state index contributed by atoms with van der Waals surface area (Å²) in [6, 6.07) is 9.42. The van der Waals surface area contributed by atoms with E-state index in [1.54, 1.807) is 17.8 Å². The standard InChI is InChI=1S/C17H18N4O2S2/c1-3-4-9-24-17-20-19-16(25-17)18-15(22)13-10-14(23-21-13)12-8-6-5-7-11(12)2/h5-8,10H,3-4,9H2,1-2H3,(H,18,19,22). The van der Waals surface area contributed by atoms with Crippen molar-refractivity contribution in [3.63, 3.8) is 0 Å². The lowest BCUT2D eigenvalue weighted by Crippen LogP contribution is -2.11. The van der Waals surface area contributed by atoms with Crippen LogP contribution in [0.4, 0.5) is 5.13 Å². The molecule has 0 radical (unpaired) electrons. The van der Waals surface area contributed by atoms with Gasteiger partial charge in [-0.15, -0.1) is 10.2 Å². The number of hydrogen-bond donors (Lipinski definition) is 1. The first-order valence-electron chi connectivity index (χ1n) is 7.97. The Morgan fingerprint density at radius 1 is 1.32 bits per heavy atom. The first-order chi connectivity index (χ1) is 12.2. The topological polar surface area (TPSA) is 80.9 Å². The van der Waals surface area contributed by atoms with E-state index < -0.39 is 0 Å². The molecular formula is C17H18N4O2S2. The molecule has 6 nitrogen and oxygen atoms in total. The van der Waals surface area contributed by atoms with Crippen molar-refractivity contribution in [2.75, 3.05) is 11.1 Å². The Hall–Kier alpha value is -2.19. The van der Waals surface area contributed by atoms with Gasteiger partial charge in [0.2, 0.25) is 5.13 Å². The number of aromatic nitrogens is 3. The van der Waals surface area contributed by atoms with Crippen LogP contribution in [0.15, 0.2) is 39.2 Å². The van der Waals surface area contributed by atoms with E-state index in [4.69, 9.17) is 4.52 Å². The Balaban J connectivity index is 1.65. The maximum Gasteiger partial charge on any atom is 0.279 e. The van der Waals surface area contributed by atoms with Crippen molar-refractivity contribution in [2.45, 2.75) is 31.0 Å². The van der Waals surface area contributed by atoms with E-state index in [2.05, 4.69) is 27.6 Å². The molecule has 0 bridgehead atoms. The van der Waals surface area contributed by atoms with Crippen LogP contribution in [0.5, 0.6) is 0 Å². The van der Waals surface area contributed by atoms with Crippen LogP contribution in [-0.2, 0) is 0 Å². The molecule has 0 aliphatic heterocycles. The number of nitrogens with one attached hydrogen (secondary N) is 1. The number of anilines is 1. The van der Waals surface area contributed by atoms with E-state index in [0.717, 1.165) is 34.1 Å². The van der Waals surface area contributed by atoms with Gasteiger partial charge in [0, 0.05) is 17.4 Å². The van der Waals surface area contributed by atoms with Crippen LogP contribution in [0.1, 0.15) is 35.8 Å². The summed E-state index contributed by atoms with van der Waals surface area (Å²) in [7, 11) is 0. The second-order valence-corrected chi connectivity index (χ2v) is 7.74. The number of hydrogen-bond acceptors (Lipinski definition) is 7. The molecule has 1 aromatic carbocycles. The van der Waals surface area contributed by atoms with Crippen molar-refractivity contribution in [1.82, 2.24) is 15.4 Å². The average molecular weight is 374 g/mol. The zero-order valence-electron chi connectivity index (χ0n) is 14.0. The molecule has 3 aromatic rings. The van der Waals surface area contributed by atoms with Gasteiger partial charge in [0.25, 0.3) is 5.91 Å². The summed E-state index contributed by atoms with van der Waals surface area (Å²) < 4.78 is 6.16. The predicted octanol–water partition coefficient (Wildman–Crippen LogP) is 4.65. The third-order valence-electron chi connectivity index (χ3n) is 3.50. The molecule has 0 saturated carbocycles. The van der Waals surface area contributed by atoms with Gasteiger partial charge in [-0.3, -0.25) is 10.1 Å². The lowest BCUT2D eigenvalue weighted by molar-refractivity contribution is 0.101. The Labute approximate surface area is 154 Å². The molecule has 1 N–H and O–H groups in total. The molecule has 2 heterocycles. The first-order valence-corrected chi connectivity index (χ1v) is 9.78. The van der Waals surface area contributed by atoms with Gasteiger partial charge >= 0.3 is 0 Å². The second-order valence-electron chi connectivity index (χ2n) is 5.42. The van der Waals surface area contributed by atoms with Crippen molar-refractivity contribution in [3.8, 4) is 11.3 Å². The highest BCUT2D eigenvalue weighted by atomic mass is 32.2. The number of rotatable bonds is 7. The van der Waals surface area contributed by atoms with Crippen LogP contribution in [-0.4, -0.2) is 27.0 Å². The lowest BCUT2D eigenvalue weighted by atomic mass is 10.1. The fraction of sp³-hybridized carbons (Fsp3) is 0.294. The molecule has 25 heavy (non-hydrogen) atoms. The van der Waals surface area contributed by atoms with E-state index in [9.17, 15) is 4.79 Å². The minimum absolute atomic E-state index is 0.216. The quantitative estimate of drug-likeness (QED) is 0.368. The van der Waals surface area contributed by atoms with Gasteiger partial charge in [0.1, 0.15) is 0 Å². The fourth-order valence-electron chi connectivity index (χ4n) is 2.14. The van der Waals surface area contributed by atoms with Crippen LogP contribution in [0.3, 0.4) is 0 Å². The molecule has 0 fully saturated rings. The number of aryl methyl sites for hydroxylation is 1. The molecule has 8 heteroatoms. The maximum atomic E-state index is 12.3. The number of thioether (sulfide) groups is 1. The summed E-state index contributed by atoms with van der Waals surface area (Å²) >= 11 is 3.01. The molecule has 0 spiro atoms. The molecule has 3 rings (SSSR count). The SMILES string of the molecule is CCCCSc1nnc(NC(=O)c2cc(-c3ccccc3C)on2)s1. The molecule has 0 atom stereocenters. The van der Waals surface area contributed by atoms with Crippen molar-refractivity contribution in [1.29, 1.82) is 0 Å². The highest BCUT2D eigenvalue weighted by molar-refractivity contribution is 8.01. The highest BCUT2D eigenvalue weighted by Gasteiger charge is 2.16. The highest BCUT2D eigenvalue weighted by Crippen LogP contribution is 2.27. The van der Waals surface area contributed by atoms with E-state index in [-0.39, 0.29) is 11.6 Å². The van der Waals surface area contributed by atoms with Gasteiger partial charge in [0.05, 0.1) is 0 Å². The second kappa shape index (κ2) is 8.26. The minimum atomic E-state index is -0.357. The lowest BCUT2D eigenvalue weighted by Gasteiger charge is -1.98. The Morgan fingerprint density at radius 2 is 2.16 bits per heavy atom. The predicted molar refractivity (Wildman–Crippen MR) is 100 cm³/mol. The number of carbonyl (C=O) groups is 1. The molecule has 2 aromatic heterocycles. The van der Waals surface area contributed by atoms with E-state index in [1.165, 1.54) is 11.3 Å². The Morgan fingerprint density at radius 3 is 2.96 bits per heavy atom. The van der Waals surface area contributed by atoms with Crippen molar-refractivity contribution < 1.29 is 9.32 Å². The monoisotopic (exact) mass is 374 g/mol. The van der Waals surface area contributed by atoms with E-state index >= 15 is 0 Å². The van der Waals surface area contributed by atoms with E-state index in [0.29, 0.717) is 10.9 Å². The van der Waals surface area contributed by atoms with Crippen LogP contribution in [0, 0.1) is 6.92 Å². The number of amides is 1. The maximum absolute atomic E-state index is 12.3. The minimum Gasteiger partial charge on any atom is -0.355 e. The summed E-state index contributed by atoms with van der Waals surface area (Å²) in [6.07, 6.45) is 2.28. The average Bonchev–Trinajstić information content (AvgIpc) is 3.25. The van der Waals surface area contributed by atoms with Crippen LogP contribution in [0.2, 0.25) is 0 Å². The summed E-state index contributed by atoms with van der Waals surface area (Å²) in [4.78, 5) is 12.3. The molecule has 1 amide bonds. The molecule has 130 valence electrons. The number of benzene rings is 1. The van der Waals surface area contributed by atoms with Gasteiger partial charge in [-0.25, -0.2) is 0 Å². The van der Waals surface area contributed by atoms with Gasteiger partial charge in [-0.05, 0) is 18.9 Å². The normalized spacial score (nSPS) is 10.8. The fourth-order valence-corrected chi connectivity index (χ4v) is 4.04. The molecule has 0 aliphatic carbocycles. The number of unbranched alkanes of at least 4 members (excludes halogenated alkanes) is 1. The first kappa shape index (κ1) is 17.6. The van der Waals surface area contributed by atoms with Gasteiger partial charge in [0.15, 0.2) is 15.8 Å². The van der Waals surface area contributed by atoms with Gasteiger partial charge in [-0.1, -0.05) is 65.9 Å². The molecule has 0 saturated heterocycles. The van der Waals surface area contributed by atoms with E-state index in [1.807, 2.05) is 31.2 Å². The van der Waals surface area contributed by atoms with Crippen molar-refractivity contribution >= 4 is 34.1 Å². The van der Waals surface area contributed by atoms with Crippen molar-refractivity contribution in [2.24, 2.45) is 0 Å². The summed E-state index contributed by atoms with van der Waals surface area (Å²) in [5.74, 6) is 1.21. The third-order valence-corrected chi connectivity index (χ3v) is 5.56. The summed E-state index contributed by atoms with van der Waals surface area (Å²) in [6.45, 7) is 4.13. The van der Waals surface area contributed by atoms with Gasteiger partial charge in [-0.2, -0.15) is 0 Å². The summed E-state index contributed by atoms with van der Waals surface area (Å²) in [5.41, 5.74) is 2.19. The molecular weight excluding hydrogens is 356 g/mol. The summed E-state index contributed by atoms with van der Waals surface area (Å²) in [5, 5.41) is 15.1. The third kappa shape index (κ3) is 4.46. The molecule has 0 aliphatic rings. The number of nitrogens with zero attached hydrogens (tertiary/aromatic N) is 3. The number of carbonyl (C=O) groups excluding carboxylic acids is 1. The Bertz CT molecular complexity index is 860. The molecule has 0 unspecified atom stereocenters. The largest absolute Gasteiger partial charge is 0.355 e. The Kier molecular flexibility index (Phi) is 5.83. The van der Waals surface area contributed by atoms with Crippen LogP contribution in [0.25, 0.3) is 11.3 Å². The van der Waals surface area contributed by atoms with Gasteiger partial charge < -0.3 is 4.52 Å². The zero-order valence-corrected chi connectivity index (χ0v) is 15.6. The van der Waals surface area contributed by atoms with Crippen LogP contribution < -0.4 is 5.32 Å². The smallest absolute Gasteiger partial charge is 0.279 e. The van der Waals surface area contributed by atoms with Crippen LogP contribution >= 0.6 is 23.1 Å². The van der Waals surface area contributed by atoms with Crippen molar-refractivity contribution in [3.05, 3.63) is 41.6 Å². The zero-order chi connectivity index (χ0) is 17.6.